The van der Waals surface area contributed by atoms with Crippen molar-refractivity contribution in [3.63, 3.8) is 0 Å². The maximum absolute atomic E-state index is 11.8. The topological polar surface area (TPSA) is 487 Å². The number of likely N-dealkylation sites (N-methyl/N-ethyl adjacent to an activating group) is 1. The third kappa shape index (κ3) is 72.8. The lowest BCUT2D eigenvalue weighted by Gasteiger charge is -2.27. The zero-order valence-electron chi connectivity index (χ0n) is 77.7. The SMILES string of the molecule is CC(C)CC(C=O)NC(=O)OC(C)(C)C.CC(C)CC(N)C(=O)O.CC(C)CC(NC(=O)OC(C)(C)C)C(=O)N(C)O.CC(C)CC(NC(=O)OC(C)(C)C)C(=O)O.CC(C)CC(NC(=O)OC(C)(C)C)C1CCC(=O)O1.CC(C)CC(NC(=O)OC(C)(C)C)[C@@H]1CCC(=O)O1.CCOC(=O)C#CC(O)C(CC(C)C)NC(=O)OC(C)(C)C. The van der Waals surface area contributed by atoms with Gasteiger partial charge in [0.25, 0.3) is 5.91 Å². The fourth-order valence-corrected chi connectivity index (χ4v) is 10.1. The molecule has 2 fully saturated rings. The maximum Gasteiger partial charge on any atom is 0.408 e. The Labute approximate surface area is 704 Å². The summed E-state index contributed by atoms with van der Waals surface area (Å²) < 4.78 is 45.9. The first-order chi connectivity index (χ1) is 53.3. The van der Waals surface area contributed by atoms with Crippen LogP contribution in [0.3, 0.4) is 0 Å². The van der Waals surface area contributed by atoms with Crippen molar-refractivity contribution in [1.82, 2.24) is 37.0 Å². The van der Waals surface area contributed by atoms with Crippen LogP contribution < -0.4 is 37.6 Å². The summed E-state index contributed by atoms with van der Waals surface area (Å²) in [7, 11) is 1.23. The largest absolute Gasteiger partial charge is 0.480 e. The Morgan fingerprint density at radius 3 is 1.01 bits per heavy atom. The molecule has 0 aromatic heterocycles. The number of hydroxylamine groups is 2. The Balaban J connectivity index is -0.000000425. The number of alkyl carbamates (subject to hydrolysis) is 6. The monoisotopic (exact) mass is 1690 g/mol. The Morgan fingerprint density at radius 1 is 0.458 bits per heavy atom. The predicted octanol–water partition coefficient (Wildman–Crippen LogP) is 13.5. The van der Waals surface area contributed by atoms with Crippen LogP contribution in [0.15, 0.2) is 0 Å². The van der Waals surface area contributed by atoms with Gasteiger partial charge in [0.15, 0.2) is 0 Å². The van der Waals surface area contributed by atoms with Crippen molar-refractivity contribution in [2.45, 2.75) is 393 Å². The molecule has 34 nitrogen and oxygen atoms in total. The van der Waals surface area contributed by atoms with Gasteiger partial charge in [0.1, 0.15) is 76.3 Å². The smallest absolute Gasteiger partial charge is 0.408 e. The molecular weight excluding hydrogens is 1540 g/mol. The summed E-state index contributed by atoms with van der Waals surface area (Å²) >= 11 is 0. The molecule has 7 amide bonds. The molecule has 2 saturated heterocycles. The van der Waals surface area contributed by atoms with Crippen molar-refractivity contribution < 1.29 is 125 Å². The van der Waals surface area contributed by atoms with E-state index in [1.165, 1.54) is 7.05 Å². The van der Waals surface area contributed by atoms with E-state index in [-0.39, 0.29) is 60.6 Å². The molecule has 118 heavy (non-hydrogen) atoms. The zero-order chi connectivity index (χ0) is 93.5. The molecule has 2 heterocycles. The number of nitrogens with zero attached hydrogens (tertiary/aromatic N) is 1. The maximum atomic E-state index is 11.8. The molecule has 2 rings (SSSR count). The molecule has 0 aromatic rings. The molecule has 0 spiro atoms. The van der Waals surface area contributed by atoms with Crippen LogP contribution in [0.2, 0.25) is 0 Å². The molecule has 0 aromatic carbocycles. The van der Waals surface area contributed by atoms with E-state index >= 15 is 0 Å². The molecule has 0 saturated carbocycles. The number of hydrogen-bond acceptors (Lipinski definition) is 25. The van der Waals surface area contributed by atoms with Gasteiger partial charge in [-0.2, -0.15) is 0 Å². The average Bonchev–Trinajstić information content (AvgIpc) is 1.73. The number of nitrogens with two attached hydrogens (primary N) is 1. The van der Waals surface area contributed by atoms with Crippen molar-refractivity contribution in [3.05, 3.63) is 0 Å². The van der Waals surface area contributed by atoms with Crippen LogP contribution in [-0.4, -0.2) is 212 Å². The Hall–Kier alpha value is -8.45. The summed E-state index contributed by atoms with van der Waals surface area (Å²) in [6.45, 7) is 61.5. The summed E-state index contributed by atoms with van der Waals surface area (Å²) in [5, 5.41) is 52.5. The van der Waals surface area contributed by atoms with Gasteiger partial charge in [-0.05, 0) is 231 Å². The molecule has 2 aliphatic rings. The van der Waals surface area contributed by atoms with Gasteiger partial charge in [-0.1, -0.05) is 103 Å². The van der Waals surface area contributed by atoms with Crippen LogP contribution in [0.25, 0.3) is 0 Å². The highest BCUT2D eigenvalue weighted by molar-refractivity contribution is 5.88. The van der Waals surface area contributed by atoms with Gasteiger partial charge in [-0.15, -0.1) is 0 Å². The van der Waals surface area contributed by atoms with E-state index in [9.17, 15) is 67.4 Å². The number of aliphatic carboxylic acids is 2. The van der Waals surface area contributed by atoms with Crippen LogP contribution in [0.5, 0.6) is 0 Å². The summed E-state index contributed by atoms with van der Waals surface area (Å²) in [6, 6.07) is -3.81. The molecule has 0 aliphatic carbocycles. The molecule has 688 valence electrons. The lowest BCUT2D eigenvalue weighted by molar-refractivity contribution is -0.162. The first kappa shape index (κ1) is 118. The number of hydrogen-bond donors (Lipinski definition) is 11. The molecule has 34 heteroatoms. The number of ether oxygens (including phenoxy) is 9. The van der Waals surface area contributed by atoms with Crippen molar-refractivity contribution in [2.75, 3.05) is 13.7 Å². The molecular formula is C84H156N8O26. The van der Waals surface area contributed by atoms with Crippen LogP contribution >= 0.6 is 0 Å². The van der Waals surface area contributed by atoms with E-state index in [0.717, 1.165) is 19.1 Å². The minimum Gasteiger partial charge on any atom is -0.480 e. The second-order valence-corrected chi connectivity index (χ2v) is 37.7. The van der Waals surface area contributed by atoms with E-state index < -0.39 is 130 Å². The lowest BCUT2D eigenvalue weighted by Crippen LogP contribution is -2.48. The number of aldehydes is 1. The van der Waals surface area contributed by atoms with E-state index in [1.54, 1.807) is 90.0 Å². The van der Waals surface area contributed by atoms with E-state index in [1.807, 2.05) is 111 Å². The van der Waals surface area contributed by atoms with Gasteiger partial charge in [0.2, 0.25) is 0 Å². The number of carboxylic acid groups (broad SMARTS) is 2. The number of amides is 7. The normalized spacial score (nSPS) is 15.9. The number of carbonyl (C=O) groups is 13. The molecule has 0 radical (unpaired) electrons. The Morgan fingerprint density at radius 2 is 0.754 bits per heavy atom. The number of carboxylic acids is 2. The van der Waals surface area contributed by atoms with E-state index in [2.05, 4.69) is 76.2 Å². The minimum atomic E-state index is -1.18. The number of carbonyl (C=O) groups excluding carboxylic acids is 11. The number of aliphatic hydroxyl groups excluding tert-OH is 1. The summed E-state index contributed by atoms with van der Waals surface area (Å²) in [5.74, 6) is 3.14. The van der Waals surface area contributed by atoms with E-state index in [4.69, 9.17) is 59.0 Å². The van der Waals surface area contributed by atoms with Crippen molar-refractivity contribution in [2.24, 2.45) is 47.2 Å². The van der Waals surface area contributed by atoms with Gasteiger partial charge in [-0.25, -0.2) is 43.4 Å². The highest BCUT2D eigenvalue weighted by Crippen LogP contribution is 2.25. The van der Waals surface area contributed by atoms with Gasteiger partial charge in [0.05, 0.1) is 30.8 Å². The quantitative estimate of drug-likeness (QED) is 0.00659. The van der Waals surface area contributed by atoms with E-state index in [0.29, 0.717) is 86.5 Å². The van der Waals surface area contributed by atoms with Crippen LogP contribution in [0.1, 0.15) is 299 Å². The lowest BCUT2D eigenvalue weighted by atomic mass is 9.97. The van der Waals surface area contributed by atoms with Crippen LogP contribution in [0, 0.1) is 53.3 Å². The predicted molar refractivity (Wildman–Crippen MR) is 448 cm³/mol. The van der Waals surface area contributed by atoms with Crippen molar-refractivity contribution in [1.29, 1.82) is 0 Å². The number of nitrogens with one attached hydrogen (secondary N) is 6. The number of aliphatic hydroxyl groups is 1. The zero-order valence-corrected chi connectivity index (χ0v) is 77.7. The summed E-state index contributed by atoms with van der Waals surface area (Å²) in [5.41, 5.74) is 1.75. The summed E-state index contributed by atoms with van der Waals surface area (Å²) in [6.07, 6.45) is 1.83. The van der Waals surface area contributed by atoms with Crippen molar-refractivity contribution >= 4 is 78.6 Å². The molecule has 9 unspecified atom stereocenters. The average molecular weight is 1690 g/mol. The second kappa shape index (κ2) is 57.7. The standard InChI is InChI=1S/C16H27NO5.2C14H25NO4.C12H24N2O4.C11H21NO4.C11H21NO3.C6H13NO2/c1-7-21-14(19)9-8-13(18)12(10-11(2)3)17-15(20)22-16(4,5)6;2*1-9(2)8-10(11-6-7-12(16)18-11)15-13(17)19-14(3,4)5;1-8(2)7-9(10(15)14(6)17)13-11(16)18-12(3,4)5;1-7(2)6-8(9(13)14)12-10(15)16-11(3,4)5;1-8(2)6-9(7-13)12-10(14)15-11(3,4)5;1-4(2)3-5(7)6(8)9/h11-13,18H,7,10H2,1-6H3,(H,17,20);2*9-11H,6-8H2,1-5H3,(H,15,17);8-9,17H,7H2,1-6H3,(H,13,16);7-8H,6H2,1-5H3,(H,12,15)(H,13,14);7-9H,6H2,1-5H3,(H,12,14);4-5H,3,7H2,1-2H3,(H,8,9)/t;10?,11-;;;;;/m.0...../s1. The Kier molecular flexibility index (Phi) is 57.7. The first-order valence-corrected chi connectivity index (χ1v) is 40.7. The molecule has 0 bridgehead atoms. The fraction of sp³-hybridized carbons (Fsp3) is 0.821. The highest BCUT2D eigenvalue weighted by Gasteiger charge is 2.36. The molecule has 12 N–H and O–H groups in total. The number of esters is 3. The van der Waals surface area contributed by atoms with Gasteiger partial charge in [0, 0.05) is 25.8 Å². The molecule has 2 aliphatic heterocycles. The molecule has 10 atom stereocenters. The summed E-state index contributed by atoms with van der Waals surface area (Å²) in [4.78, 5) is 147. The fourth-order valence-electron chi connectivity index (χ4n) is 10.1. The van der Waals surface area contributed by atoms with Crippen LogP contribution in [0.4, 0.5) is 28.8 Å². The van der Waals surface area contributed by atoms with Gasteiger partial charge in [-0.3, -0.25) is 24.4 Å². The third-order valence-electron chi connectivity index (χ3n) is 14.3. The van der Waals surface area contributed by atoms with Crippen molar-refractivity contribution in [3.8, 4) is 11.8 Å². The van der Waals surface area contributed by atoms with Gasteiger partial charge >= 0.3 is 66.4 Å². The minimum absolute atomic E-state index is 0.179. The Bertz CT molecular complexity index is 3000. The number of rotatable bonds is 28. The van der Waals surface area contributed by atoms with Gasteiger partial charge < -0.3 is 100 Å². The van der Waals surface area contributed by atoms with Crippen LogP contribution in [-0.2, 0) is 76.2 Å². The number of cyclic esters (lactones) is 2. The first-order valence-electron chi connectivity index (χ1n) is 40.7. The second-order valence-electron chi connectivity index (χ2n) is 37.7. The highest BCUT2D eigenvalue weighted by atomic mass is 16.6. The third-order valence-corrected chi connectivity index (χ3v) is 14.3.